The van der Waals surface area contributed by atoms with Gasteiger partial charge in [0.1, 0.15) is 11.9 Å². The van der Waals surface area contributed by atoms with E-state index in [2.05, 4.69) is 26.5 Å². The van der Waals surface area contributed by atoms with Crippen LogP contribution in [0.1, 0.15) is 18.4 Å². The van der Waals surface area contributed by atoms with E-state index in [1.54, 1.807) is 29.1 Å². The summed E-state index contributed by atoms with van der Waals surface area (Å²) in [6.45, 7) is 0. The van der Waals surface area contributed by atoms with Crippen LogP contribution < -0.4 is 16.0 Å². The molecular weight excluding hydrogens is 352 g/mol. The van der Waals surface area contributed by atoms with Crippen molar-refractivity contribution in [1.29, 1.82) is 5.26 Å². The van der Waals surface area contributed by atoms with E-state index in [9.17, 15) is 5.26 Å². The van der Waals surface area contributed by atoms with E-state index in [1.165, 1.54) is 0 Å². The van der Waals surface area contributed by atoms with Crippen LogP contribution in [0.5, 0.6) is 0 Å². The van der Waals surface area contributed by atoms with Gasteiger partial charge in [-0.2, -0.15) is 20.3 Å². The average Bonchev–Trinajstić information content (AvgIpc) is 3.28. The van der Waals surface area contributed by atoms with E-state index in [1.807, 2.05) is 19.0 Å². The van der Waals surface area contributed by atoms with Crippen molar-refractivity contribution in [1.82, 2.24) is 19.7 Å². The Morgan fingerprint density at radius 1 is 1.38 bits per heavy atom. The van der Waals surface area contributed by atoms with Gasteiger partial charge in [-0.15, -0.1) is 0 Å². The van der Waals surface area contributed by atoms with Gasteiger partial charge in [-0.1, -0.05) is 11.6 Å². The second-order valence-corrected chi connectivity index (χ2v) is 6.88. The Morgan fingerprint density at radius 2 is 2.15 bits per heavy atom. The summed E-state index contributed by atoms with van der Waals surface area (Å²) < 4.78 is 1.69. The molecule has 0 aliphatic heterocycles. The second kappa shape index (κ2) is 5.83. The van der Waals surface area contributed by atoms with Crippen molar-refractivity contribution < 1.29 is 0 Å². The Labute approximate surface area is 155 Å². The number of nitrogens with two attached hydrogens (primary N) is 1. The Morgan fingerprint density at radius 3 is 2.85 bits per heavy atom. The number of fused-ring (bicyclic) bond motifs is 1. The van der Waals surface area contributed by atoms with Gasteiger partial charge in [-0.3, -0.25) is 4.68 Å². The number of hydrogen-bond acceptors (Lipinski definition) is 7. The lowest BCUT2D eigenvalue weighted by atomic mass is 10.2. The van der Waals surface area contributed by atoms with Crippen molar-refractivity contribution in [2.24, 2.45) is 12.8 Å². The third-order valence-corrected chi connectivity index (χ3v) is 4.99. The SMILES string of the molecule is CN(c1nc(Nc2ccc(Cl)c(C#N)c2)c2cnn(C)c2n1)C1(N)CC1. The minimum absolute atomic E-state index is 0.391. The molecule has 4 rings (SSSR count). The summed E-state index contributed by atoms with van der Waals surface area (Å²) in [4.78, 5) is 11.2. The highest BCUT2D eigenvalue weighted by atomic mass is 35.5. The molecule has 9 heteroatoms. The maximum atomic E-state index is 9.18. The van der Waals surface area contributed by atoms with Crippen LogP contribution in [0.3, 0.4) is 0 Å². The summed E-state index contributed by atoms with van der Waals surface area (Å²) in [6, 6.07) is 7.23. The first-order valence-electron chi connectivity index (χ1n) is 8.10. The predicted molar refractivity (Wildman–Crippen MR) is 100 cm³/mol. The number of nitrogens with one attached hydrogen (secondary N) is 1. The smallest absolute Gasteiger partial charge is 0.230 e. The zero-order valence-corrected chi connectivity index (χ0v) is 15.1. The molecule has 3 aromatic rings. The fourth-order valence-electron chi connectivity index (χ4n) is 2.74. The molecule has 0 unspecified atom stereocenters. The topological polar surface area (TPSA) is 109 Å². The van der Waals surface area contributed by atoms with E-state index in [4.69, 9.17) is 17.3 Å². The normalized spacial score (nSPS) is 14.9. The standard InChI is InChI=1S/C17H17ClN8/c1-25(17(20)5-6-17)16-23-14(12-9-21-26(2)15(12)24-16)22-11-3-4-13(18)10(7-11)8-19/h3-4,7,9H,5-6,20H2,1-2H3,(H,22,23,24). The molecule has 26 heavy (non-hydrogen) atoms. The van der Waals surface area contributed by atoms with E-state index in [0.29, 0.717) is 33.7 Å². The monoisotopic (exact) mass is 368 g/mol. The molecule has 132 valence electrons. The molecule has 2 heterocycles. The molecule has 1 aliphatic rings. The maximum Gasteiger partial charge on any atom is 0.230 e. The molecule has 0 atom stereocenters. The minimum Gasteiger partial charge on any atom is -0.339 e. The molecule has 0 amide bonds. The first-order chi connectivity index (χ1) is 12.4. The van der Waals surface area contributed by atoms with Crippen molar-refractivity contribution in [3.8, 4) is 6.07 Å². The number of rotatable bonds is 4. The molecular formula is C17H17ClN8. The van der Waals surface area contributed by atoms with E-state index < -0.39 is 5.66 Å². The Bertz CT molecular complexity index is 1050. The van der Waals surface area contributed by atoms with Crippen LogP contribution in [-0.2, 0) is 7.05 Å². The lowest BCUT2D eigenvalue weighted by Gasteiger charge is -2.24. The Kier molecular flexibility index (Phi) is 3.72. The molecule has 2 aromatic heterocycles. The Hall–Kier alpha value is -2.89. The van der Waals surface area contributed by atoms with Gasteiger partial charge in [0.15, 0.2) is 5.65 Å². The molecule has 3 N–H and O–H groups in total. The summed E-state index contributed by atoms with van der Waals surface area (Å²) in [5.74, 6) is 1.12. The molecule has 1 aromatic carbocycles. The van der Waals surface area contributed by atoms with Gasteiger partial charge in [0.25, 0.3) is 0 Å². The average molecular weight is 369 g/mol. The van der Waals surface area contributed by atoms with Crippen molar-refractivity contribution >= 4 is 40.1 Å². The number of aromatic nitrogens is 4. The molecule has 1 fully saturated rings. The second-order valence-electron chi connectivity index (χ2n) is 6.47. The Balaban J connectivity index is 1.80. The molecule has 1 saturated carbocycles. The van der Waals surface area contributed by atoms with Crippen LogP contribution in [0.2, 0.25) is 5.02 Å². The van der Waals surface area contributed by atoms with E-state index >= 15 is 0 Å². The molecule has 0 bridgehead atoms. The number of aryl methyl sites for hydroxylation is 1. The van der Waals surface area contributed by atoms with Crippen molar-refractivity contribution in [2.75, 3.05) is 17.3 Å². The number of nitrogens with zero attached hydrogens (tertiary/aromatic N) is 6. The number of benzene rings is 1. The number of anilines is 3. The zero-order chi connectivity index (χ0) is 18.5. The number of nitriles is 1. The zero-order valence-electron chi connectivity index (χ0n) is 14.4. The molecule has 0 saturated heterocycles. The number of halogens is 1. The van der Waals surface area contributed by atoms with Crippen LogP contribution in [-0.4, -0.2) is 32.5 Å². The van der Waals surface area contributed by atoms with E-state index in [-0.39, 0.29) is 0 Å². The third-order valence-electron chi connectivity index (χ3n) is 4.66. The fraction of sp³-hybridized carbons (Fsp3) is 0.294. The van der Waals surface area contributed by atoms with Crippen LogP contribution in [0, 0.1) is 11.3 Å². The van der Waals surface area contributed by atoms with Crippen LogP contribution in [0.15, 0.2) is 24.4 Å². The van der Waals surface area contributed by atoms with Gasteiger partial charge < -0.3 is 16.0 Å². The summed E-state index contributed by atoms with van der Waals surface area (Å²) in [6.07, 6.45) is 3.52. The van der Waals surface area contributed by atoms with Crippen molar-refractivity contribution in [3.05, 3.63) is 35.0 Å². The molecule has 0 spiro atoms. The molecule has 8 nitrogen and oxygen atoms in total. The first-order valence-corrected chi connectivity index (χ1v) is 8.48. The first kappa shape index (κ1) is 16.6. The van der Waals surface area contributed by atoms with Crippen LogP contribution in [0.4, 0.5) is 17.5 Å². The third kappa shape index (κ3) is 2.71. The quantitative estimate of drug-likeness (QED) is 0.681. The lowest BCUT2D eigenvalue weighted by Crippen LogP contribution is -2.42. The largest absolute Gasteiger partial charge is 0.339 e. The highest BCUT2D eigenvalue weighted by Crippen LogP contribution is 2.38. The summed E-state index contributed by atoms with van der Waals surface area (Å²) in [7, 11) is 3.72. The van der Waals surface area contributed by atoms with E-state index in [0.717, 1.165) is 18.2 Å². The van der Waals surface area contributed by atoms with Gasteiger partial charge in [-0.25, -0.2) is 0 Å². The molecule has 0 radical (unpaired) electrons. The summed E-state index contributed by atoms with van der Waals surface area (Å²) in [5, 5.41) is 17.9. The van der Waals surface area contributed by atoms with Gasteiger partial charge in [-0.05, 0) is 31.0 Å². The summed E-state index contributed by atoms with van der Waals surface area (Å²) >= 11 is 6.01. The van der Waals surface area contributed by atoms with Gasteiger partial charge in [0.05, 0.1) is 27.8 Å². The predicted octanol–water partition coefficient (Wildman–Crippen LogP) is 2.52. The lowest BCUT2D eigenvalue weighted by molar-refractivity contribution is 0.641. The highest BCUT2D eigenvalue weighted by Gasteiger charge is 2.44. The van der Waals surface area contributed by atoms with Gasteiger partial charge >= 0.3 is 0 Å². The summed E-state index contributed by atoms with van der Waals surface area (Å²) in [5.41, 5.74) is 7.69. The number of hydrogen-bond donors (Lipinski definition) is 2. The van der Waals surface area contributed by atoms with Crippen LogP contribution in [0.25, 0.3) is 11.0 Å². The maximum absolute atomic E-state index is 9.18. The minimum atomic E-state index is -0.391. The fourth-order valence-corrected chi connectivity index (χ4v) is 2.90. The van der Waals surface area contributed by atoms with Gasteiger partial charge in [0, 0.05) is 19.8 Å². The van der Waals surface area contributed by atoms with Crippen LogP contribution >= 0.6 is 11.6 Å². The van der Waals surface area contributed by atoms with Crippen molar-refractivity contribution in [2.45, 2.75) is 18.5 Å². The van der Waals surface area contributed by atoms with Gasteiger partial charge in [0.2, 0.25) is 5.95 Å². The highest BCUT2D eigenvalue weighted by molar-refractivity contribution is 6.31. The van der Waals surface area contributed by atoms with Crippen molar-refractivity contribution in [3.63, 3.8) is 0 Å². The molecule has 1 aliphatic carbocycles.